The number of aliphatic hydroxyl groups is 1. The highest BCUT2D eigenvalue weighted by molar-refractivity contribution is 5.79. The summed E-state index contributed by atoms with van der Waals surface area (Å²) in [7, 11) is 3.33. The van der Waals surface area contributed by atoms with Crippen molar-refractivity contribution in [3.05, 3.63) is 23.8 Å². The predicted molar refractivity (Wildman–Crippen MR) is 153 cm³/mol. The Morgan fingerprint density at radius 1 is 1.08 bits per heavy atom. The van der Waals surface area contributed by atoms with Crippen LogP contribution in [-0.4, -0.2) is 69.7 Å². The van der Waals surface area contributed by atoms with Crippen LogP contribution in [0.1, 0.15) is 65.4 Å². The van der Waals surface area contributed by atoms with Gasteiger partial charge in [-0.15, -0.1) is 0 Å². The minimum atomic E-state index is -0.738. The molecule has 0 aliphatic carbocycles. The molecule has 0 saturated carbocycles. The van der Waals surface area contributed by atoms with Gasteiger partial charge in [-0.2, -0.15) is 0 Å². The Bertz CT molecular complexity index is 813. The Hall–Kier alpha value is -1.87. The molecule has 8 heteroatoms. The summed E-state index contributed by atoms with van der Waals surface area (Å²) in [6.45, 7) is 11.5. The van der Waals surface area contributed by atoms with Gasteiger partial charge in [-0.3, -0.25) is 4.79 Å². The van der Waals surface area contributed by atoms with Crippen molar-refractivity contribution < 1.29 is 24.1 Å². The number of hydrogen-bond acceptors (Lipinski definition) is 7. The van der Waals surface area contributed by atoms with E-state index in [4.69, 9.17) is 19.9 Å². The highest BCUT2D eigenvalue weighted by Crippen LogP contribution is 2.32. The molecule has 0 spiro atoms. The molecule has 0 aromatic heterocycles. The molecular weight excluding hydrogens is 482 g/mol. The average molecular weight is 536 g/mol. The van der Waals surface area contributed by atoms with Crippen LogP contribution < -0.4 is 25.8 Å². The van der Waals surface area contributed by atoms with Gasteiger partial charge >= 0.3 is 0 Å². The van der Waals surface area contributed by atoms with Crippen molar-refractivity contribution in [2.24, 2.45) is 29.4 Å². The quantitative estimate of drug-likeness (QED) is 0.226. The zero-order valence-electron chi connectivity index (χ0n) is 24.5. The summed E-state index contributed by atoms with van der Waals surface area (Å²) < 4.78 is 16.6. The summed E-state index contributed by atoms with van der Waals surface area (Å²) in [4.78, 5) is 13.1. The Kier molecular flexibility index (Phi) is 14.4. The van der Waals surface area contributed by atoms with Crippen LogP contribution in [0.25, 0.3) is 0 Å². The summed E-state index contributed by atoms with van der Waals surface area (Å²) in [5.41, 5.74) is 7.71. The molecule has 1 aromatic rings. The van der Waals surface area contributed by atoms with Crippen LogP contribution in [0, 0.1) is 23.7 Å². The Morgan fingerprint density at radius 3 is 2.39 bits per heavy atom. The van der Waals surface area contributed by atoms with Gasteiger partial charge in [-0.1, -0.05) is 33.8 Å². The van der Waals surface area contributed by atoms with Gasteiger partial charge in [0.1, 0.15) is 0 Å². The third kappa shape index (κ3) is 10.7. The number of nitrogens with two attached hydrogens (primary N) is 1. The summed E-state index contributed by atoms with van der Waals surface area (Å²) in [6.07, 6.45) is 3.83. The average Bonchev–Trinajstić information content (AvgIpc) is 2.89. The lowest BCUT2D eigenvalue weighted by molar-refractivity contribution is -0.128. The van der Waals surface area contributed by atoms with Gasteiger partial charge in [0.15, 0.2) is 11.5 Å². The fourth-order valence-electron chi connectivity index (χ4n) is 5.14. The second-order valence-corrected chi connectivity index (χ2v) is 11.5. The first-order valence-electron chi connectivity index (χ1n) is 14.4. The molecule has 1 fully saturated rings. The van der Waals surface area contributed by atoms with Crippen molar-refractivity contribution in [3.63, 3.8) is 0 Å². The van der Waals surface area contributed by atoms with E-state index in [-0.39, 0.29) is 29.7 Å². The summed E-state index contributed by atoms with van der Waals surface area (Å²) in [5.74, 6) is 1.99. The fourth-order valence-corrected chi connectivity index (χ4v) is 5.14. The first-order chi connectivity index (χ1) is 18.2. The Balaban J connectivity index is 2.00. The predicted octanol–water partition coefficient (Wildman–Crippen LogP) is 3.53. The van der Waals surface area contributed by atoms with Crippen LogP contribution in [0.4, 0.5) is 0 Å². The lowest BCUT2D eigenvalue weighted by Gasteiger charge is -2.31. The molecule has 5 N–H and O–H groups in total. The van der Waals surface area contributed by atoms with Crippen LogP contribution in [-0.2, 0) is 16.0 Å². The zero-order valence-corrected chi connectivity index (χ0v) is 24.5. The molecule has 38 heavy (non-hydrogen) atoms. The maximum Gasteiger partial charge on any atom is 0.223 e. The van der Waals surface area contributed by atoms with E-state index in [9.17, 15) is 9.90 Å². The fraction of sp³-hybridized carbons (Fsp3) is 0.767. The molecule has 2 rings (SSSR count). The molecule has 1 aliphatic heterocycles. The maximum absolute atomic E-state index is 13.1. The number of methoxy groups -OCH3 is 2. The van der Waals surface area contributed by atoms with Crippen LogP contribution in [0.15, 0.2) is 18.2 Å². The van der Waals surface area contributed by atoms with E-state index in [0.29, 0.717) is 37.7 Å². The molecule has 1 amide bonds. The SMILES string of the molecule is COCCCOc1cc(CC(CC(N)C(O)CC(C(=O)NC2CCNCC2)C(C)C)C(C)C)ccc1OC. The van der Waals surface area contributed by atoms with E-state index >= 15 is 0 Å². The minimum absolute atomic E-state index is 0.0369. The van der Waals surface area contributed by atoms with E-state index in [2.05, 4.69) is 30.5 Å². The smallest absolute Gasteiger partial charge is 0.223 e. The van der Waals surface area contributed by atoms with Gasteiger partial charge in [0.2, 0.25) is 5.91 Å². The number of rotatable bonds is 17. The van der Waals surface area contributed by atoms with Crippen molar-refractivity contribution in [1.82, 2.24) is 10.6 Å². The molecule has 1 aliphatic rings. The summed E-state index contributed by atoms with van der Waals surface area (Å²) in [6, 6.07) is 5.86. The molecular formula is C30H53N3O5. The Morgan fingerprint density at radius 2 is 1.79 bits per heavy atom. The molecule has 4 unspecified atom stereocenters. The largest absolute Gasteiger partial charge is 0.493 e. The van der Waals surface area contributed by atoms with Crippen molar-refractivity contribution in [3.8, 4) is 11.5 Å². The van der Waals surface area contributed by atoms with Crippen LogP contribution in [0.5, 0.6) is 11.5 Å². The van der Waals surface area contributed by atoms with Gasteiger partial charge in [0.25, 0.3) is 0 Å². The van der Waals surface area contributed by atoms with Crippen LogP contribution >= 0.6 is 0 Å². The van der Waals surface area contributed by atoms with Gasteiger partial charge < -0.3 is 35.7 Å². The van der Waals surface area contributed by atoms with E-state index in [1.165, 1.54) is 0 Å². The lowest BCUT2D eigenvalue weighted by Crippen LogP contribution is -2.47. The molecule has 8 nitrogen and oxygen atoms in total. The van der Waals surface area contributed by atoms with Crippen molar-refractivity contribution in [2.75, 3.05) is 40.5 Å². The number of nitrogens with one attached hydrogen (secondary N) is 2. The number of carbonyl (C=O) groups excluding carboxylic acids is 1. The van der Waals surface area contributed by atoms with Crippen molar-refractivity contribution in [2.45, 2.75) is 84.4 Å². The molecule has 0 bridgehead atoms. The van der Waals surface area contributed by atoms with Gasteiger partial charge in [-0.05, 0) is 80.6 Å². The third-order valence-electron chi connectivity index (χ3n) is 7.81. The number of amides is 1. The molecule has 4 atom stereocenters. The van der Waals surface area contributed by atoms with Crippen molar-refractivity contribution >= 4 is 5.91 Å². The number of benzene rings is 1. The van der Waals surface area contributed by atoms with Crippen LogP contribution in [0.2, 0.25) is 0 Å². The minimum Gasteiger partial charge on any atom is -0.493 e. The van der Waals surface area contributed by atoms with E-state index in [0.717, 1.165) is 50.1 Å². The van der Waals surface area contributed by atoms with E-state index in [1.54, 1.807) is 14.2 Å². The molecule has 0 radical (unpaired) electrons. The molecule has 1 saturated heterocycles. The maximum atomic E-state index is 13.1. The monoisotopic (exact) mass is 535 g/mol. The second-order valence-electron chi connectivity index (χ2n) is 11.5. The molecule has 218 valence electrons. The lowest BCUT2D eigenvalue weighted by atomic mass is 9.80. The molecule has 1 aromatic carbocycles. The molecule has 1 heterocycles. The number of ether oxygens (including phenoxy) is 3. The highest BCUT2D eigenvalue weighted by Gasteiger charge is 2.31. The summed E-state index contributed by atoms with van der Waals surface area (Å²) >= 11 is 0. The van der Waals surface area contributed by atoms with E-state index < -0.39 is 12.1 Å². The van der Waals surface area contributed by atoms with Gasteiger partial charge in [-0.25, -0.2) is 0 Å². The van der Waals surface area contributed by atoms with Crippen LogP contribution in [0.3, 0.4) is 0 Å². The third-order valence-corrected chi connectivity index (χ3v) is 7.81. The zero-order chi connectivity index (χ0) is 28.1. The number of carbonyl (C=O) groups is 1. The normalized spacial score (nSPS) is 17.7. The standard InChI is InChI=1S/C30H53N3O5/c1-20(2)23(16-22-8-9-28(37-6)29(17-22)38-15-7-14-36-5)18-26(31)27(34)19-25(21(3)4)30(35)33-24-10-12-32-13-11-24/h8-9,17,20-21,23-27,32,34H,7,10-16,18-19,31H2,1-6H3,(H,33,35). The number of hydrogen-bond donors (Lipinski definition) is 4. The number of piperidine rings is 1. The second kappa shape index (κ2) is 17.0. The first kappa shape index (κ1) is 32.3. The van der Waals surface area contributed by atoms with Gasteiger partial charge in [0.05, 0.1) is 19.8 Å². The Labute approximate surface area is 230 Å². The highest BCUT2D eigenvalue weighted by atomic mass is 16.5. The first-order valence-corrected chi connectivity index (χ1v) is 14.4. The van der Waals surface area contributed by atoms with E-state index in [1.807, 2.05) is 26.0 Å². The topological polar surface area (TPSA) is 115 Å². The summed E-state index contributed by atoms with van der Waals surface area (Å²) in [5, 5.41) is 17.6. The number of aliphatic hydroxyl groups excluding tert-OH is 1. The van der Waals surface area contributed by atoms with Gasteiger partial charge in [0, 0.05) is 38.1 Å². The van der Waals surface area contributed by atoms with Crippen molar-refractivity contribution in [1.29, 1.82) is 0 Å².